The van der Waals surface area contributed by atoms with Crippen LogP contribution in [0.1, 0.15) is 21.6 Å². The van der Waals surface area contributed by atoms with Crippen molar-refractivity contribution in [2.75, 3.05) is 5.32 Å². The summed E-state index contributed by atoms with van der Waals surface area (Å²) >= 11 is 0. The van der Waals surface area contributed by atoms with E-state index in [1.807, 2.05) is 41.8 Å². The van der Waals surface area contributed by atoms with E-state index in [0.717, 1.165) is 27.7 Å². The third-order valence-corrected chi connectivity index (χ3v) is 5.18. The molecule has 2 aromatic carbocycles. The molecule has 148 valence electrons. The number of aryl methyl sites for hydroxylation is 1. The van der Waals surface area contributed by atoms with Gasteiger partial charge in [-0.15, -0.1) is 0 Å². The minimum absolute atomic E-state index is 0.268. The summed E-state index contributed by atoms with van der Waals surface area (Å²) in [6.07, 6.45) is 3.42. The monoisotopic (exact) mass is 398 g/mol. The molecular formula is C24H19FN4O. The molecule has 3 heterocycles. The zero-order valence-electron chi connectivity index (χ0n) is 16.3. The van der Waals surface area contributed by atoms with Crippen LogP contribution in [0.2, 0.25) is 0 Å². The first kappa shape index (κ1) is 18.1. The van der Waals surface area contributed by atoms with Crippen LogP contribution in [0, 0.1) is 12.7 Å². The highest BCUT2D eigenvalue weighted by Crippen LogP contribution is 2.24. The Balaban J connectivity index is 1.55. The van der Waals surface area contributed by atoms with Gasteiger partial charge in [-0.2, -0.15) is 0 Å². The van der Waals surface area contributed by atoms with Crippen LogP contribution in [0.5, 0.6) is 0 Å². The highest BCUT2D eigenvalue weighted by Gasteiger charge is 2.17. The normalized spacial score (nSPS) is 11.3. The van der Waals surface area contributed by atoms with Crippen molar-refractivity contribution in [2.45, 2.75) is 13.5 Å². The minimum Gasteiger partial charge on any atom is -0.346 e. The number of aromatic nitrogens is 3. The van der Waals surface area contributed by atoms with Crippen LogP contribution in [0.15, 0.2) is 73.1 Å². The Kier molecular flexibility index (Phi) is 4.32. The third-order valence-electron chi connectivity index (χ3n) is 5.18. The molecule has 0 aliphatic carbocycles. The molecule has 5 aromatic rings. The summed E-state index contributed by atoms with van der Waals surface area (Å²) in [5, 5.41) is 4.52. The Morgan fingerprint density at radius 2 is 2.00 bits per heavy atom. The molecule has 0 saturated carbocycles. The quantitative estimate of drug-likeness (QED) is 0.433. The van der Waals surface area contributed by atoms with Crippen molar-refractivity contribution < 1.29 is 9.18 Å². The molecule has 30 heavy (non-hydrogen) atoms. The number of pyridine rings is 1. The van der Waals surface area contributed by atoms with E-state index in [-0.39, 0.29) is 11.7 Å². The van der Waals surface area contributed by atoms with E-state index in [9.17, 15) is 9.18 Å². The third kappa shape index (κ3) is 3.33. The number of nitrogens with one attached hydrogen (secondary N) is 2. The number of carbonyl (C=O) groups excluding carboxylic acids is 1. The number of halogens is 1. The Hall–Kier alpha value is -3.93. The van der Waals surface area contributed by atoms with Crippen molar-refractivity contribution in [3.05, 3.63) is 95.7 Å². The van der Waals surface area contributed by atoms with Crippen molar-refractivity contribution in [3.8, 4) is 0 Å². The lowest BCUT2D eigenvalue weighted by Crippen LogP contribution is -2.17. The molecular weight excluding hydrogens is 379 g/mol. The van der Waals surface area contributed by atoms with E-state index in [0.29, 0.717) is 23.3 Å². The Morgan fingerprint density at radius 3 is 2.87 bits per heavy atom. The second-order valence-electron chi connectivity index (χ2n) is 7.40. The number of nitrogens with zero attached hydrogens (tertiary/aromatic N) is 2. The van der Waals surface area contributed by atoms with Crippen molar-refractivity contribution >= 4 is 33.5 Å². The highest BCUT2D eigenvalue weighted by atomic mass is 19.1. The molecule has 0 unspecified atom stereocenters. The zero-order chi connectivity index (χ0) is 20.7. The lowest BCUT2D eigenvalue weighted by atomic mass is 10.1. The van der Waals surface area contributed by atoms with Crippen LogP contribution in [0.4, 0.5) is 10.1 Å². The van der Waals surface area contributed by atoms with Gasteiger partial charge >= 0.3 is 0 Å². The Morgan fingerprint density at radius 1 is 1.10 bits per heavy atom. The van der Waals surface area contributed by atoms with Gasteiger partial charge in [0, 0.05) is 29.0 Å². The smallest absolute Gasteiger partial charge is 0.272 e. The zero-order valence-corrected chi connectivity index (χ0v) is 16.3. The first-order chi connectivity index (χ1) is 14.6. The van der Waals surface area contributed by atoms with Gasteiger partial charge in [-0.3, -0.25) is 4.79 Å². The molecule has 0 fully saturated rings. The van der Waals surface area contributed by atoms with Crippen molar-refractivity contribution in [3.63, 3.8) is 0 Å². The summed E-state index contributed by atoms with van der Waals surface area (Å²) in [5.41, 5.74) is 4.85. The Labute approximate surface area is 172 Å². The second kappa shape index (κ2) is 7.15. The van der Waals surface area contributed by atoms with E-state index in [2.05, 4.69) is 21.4 Å². The van der Waals surface area contributed by atoms with Gasteiger partial charge in [0.25, 0.3) is 5.91 Å². The molecule has 0 atom stereocenters. The molecule has 6 heteroatoms. The van der Waals surface area contributed by atoms with E-state index in [1.165, 1.54) is 12.1 Å². The first-order valence-electron chi connectivity index (χ1n) is 9.66. The van der Waals surface area contributed by atoms with Gasteiger partial charge in [0.15, 0.2) is 0 Å². The SMILES string of the molecule is Cc1cccc(Cn2c(C(=O)Nc3cnc4[nH]ccc4c3)cc3cc(F)ccc32)c1. The maximum atomic E-state index is 13.8. The molecule has 0 bridgehead atoms. The van der Waals surface area contributed by atoms with Gasteiger partial charge < -0.3 is 14.9 Å². The number of anilines is 1. The summed E-state index contributed by atoms with van der Waals surface area (Å²) in [4.78, 5) is 20.5. The number of rotatable bonds is 4. The average Bonchev–Trinajstić information content (AvgIpc) is 3.32. The molecule has 0 spiro atoms. The number of hydrogen-bond donors (Lipinski definition) is 2. The van der Waals surface area contributed by atoms with Gasteiger partial charge in [0.05, 0.1) is 11.9 Å². The van der Waals surface area contributed by atoms with Gasteiger partial charge in [0.1, 0.15) is 17.2 Å². The number of carbonyl (C=O) groups is 1. The largest absolute Gasteiger partial charge is 0.346 e. The molecule has 5 rings (SSSR count). The summed E-state index contributed by atoms with van der Waals surface area (Å²) in [6.45, 7) is 2.54. The average molecular weight is 398 g/mol. The number of amides is 1. The molecule has 3 aromatic heterocycles. The predicted octanol–water partition coefficient (Wildman–Crippen LogP) is 5.27. The standard InChI is InChI=1S/C24H19FN4O/c1-15-3-2-4-16(9-15)14-29-21-6-5-19(25)10-18(21)12-22(29)24(30)28-20-11-17-7-8-26-23(17)27-13-20/h2-13H,14H2,1H3,(H,26,27)(H,28,30). The number of fused-ring (bicyclic) bond motifs is 2. The first-order valence-corrected chi connectivity index (χ1v) is 9.66. The van der Waals surface area contributed by atoms with Crippen LogP contribution in [0.3, 0.4) is 0 Å². The molecule has 1 amide bonds. The van der Waals surface area contributed by atoms with Gasteiger partial charge in [-0.1, -0.05) is 29.8 Å². The molecule has 2 N–H and O–H groups in total. The van der Waals surface area contributed by atoms with E-state index in [4.69, 9.17) is 0 Å². The van der Waals surface area contributed by atoms with Gasteiger partial charge in [0.2, 0.25) is 0 Å². The summed E-state index contributed by atoms with van der Waals surface area (Å²) in [5.74, 6) is -0.597. The summed E-state index contributed by atoms with van der Waals surface area (Å²) < 4.78 is 15.7. The fourth-order valence-electron chi connectivity index (χ4n) is 3.80. The van der Waals surface area contributed by atoms with Crippen molar-refractivity contribution in [1.29, 1.82) is 0 Å². The number of hydrogen-bond acceptors (Lipinski definition) is 2. The topological polar surface area (TPSA) is 62.7 Å². The highest BCUT2D eigenvalue weighted by molar-refractivity contribution is 6.07. The number of benzene rings is 2. The van der Waals surface area contributed by atoms with Crippen molar-refractivity contribution in [2.24, 2.45) is 0 Å². The van der Waals surface area contributed by atoms with Crippen LogP contribution in [0.25, 0.3) is 21.9 Å². The lowest BCUT2D eigenvalue weighted by molar-refractivity contribution is 0.101. The second-order valence-corrected chi connectivity index (χ2v) is 7.40. The maximum absolute atomic E-state index is 13.8. The number of H-pyrrole nitrogens is 1. The van der Waals surface area contributed by atoms with Crippen molar-refractivity contribution in [1.82, 2.24) is 14.5 Å². The van der Waals surface area contributed by atoms with Gasteiger partial charge in [-0.25, -0.2) is 9.37 Å². The van der Waals surface area contributed by atoms with E-state index >= 15 is 0 Å². The molecule has 5 nitrogen and oxygen atoms in total. The lowest BCUT2D eigenvalue weighted by Gasteiger charge is -2.12. The summed E-state index contributed by atoms with van der Waals surface area (Å²) in [6, 6.07) is 18.2. The van der Waals surface area contributed by atoms with Crippen LogP contribution in [-0.2, 0) is 6.54 Å². The van der Waals surface area contributed by atoms with E-state index in [1.54, 1.807) is 24.5 Å². The molecule has 0 aliphatic rings. The van der Waals surface area contributed by atoms with Crippen LogP contribution >= 0.6 is 0 Å². The Bertz CT molecular complexity index is 1400. The van der Waals surface area contributed by atoms with Gasteiger partial charge in [-0.05, 0) is 48.9 Å². The summed E-state index contributed by atoms with van der Waals surface area (Å²) in [7, 11) is 0. The van der Waals surface area contributed by atoms with Crippen LogP contribution in [-0.4, -0.2) is 20.4 Å². The molecule has 0 aliphatic heterocycles. The predicted molar refractivity (Wildman–Crippen MR) is 116 cm³/mol. The molecule has 0 saturated heterocycles. The molecule has 0 radical (unpaired) electrons. The fourth-order valence-corrected chi connectivity index (χ4v) is 3.80. The van der Waals surface area contributed by atoms with E-state index < -0.39 is 0 Å². The fraction of sp³-hybridized carbons (Fsp3) is 0.0833. The van der Waals surface area contributed by atoms with Crippen LogP contribution < -0.4 is 5.32 Å². The minimum atomic E-state index is -0.329. The maximum Gasteiger partial charge on any atom is 0.272 e. The number of aromatic amines is 1.